The molecule has 2 aromatic rings. The Morgan fingerprint density at radius 3 is 2.18 bits per heavy atom. The zero-order chi connectivity index (χ0) is 16.2. The molecular formula is C16H16N2O3S. The number of amides is 1. The highest BCUT2D eigenvalue weighted by Crippen LogP contribution is 2.13. The minimum absolute atomic E-state index is 0.000645. The lowest BCUT2D eigenvalue weighted by Crippen LogP contribution is -2.12. The van der Waals surface area contributed by atoms with Crippen LogP contribution in [0.1, 0.15) is 11.1 Å². The molecule has 3 N–H and O–H groups in total. The first-order valence-corrected chi connectivity index (χ1v) is 8.08. The third-order valence-corrected chi connectivity index (χ3v) is 3.88. The van der Waals surface area contributed by atoms with Crippen LogP contribution in [0.25, 0.3) is 6.08 Å². The predicted molar refractivity (Wildman–Crippen MR) is 86.7 cm³/mol. The first-order valence-electron chi connectivity index (χ1n) is 6.53. The SMILES string of the molecule is Cc1ccc(/C=C/C(=O)Nc2ccc(S(N)(=O)=O)cc2)cc1. The van der Waals surface area contributed by atoms with Crippen LogP contribution in [0.3, 0.4) is 0 Å². The Kier molecular flexibility index (Phi) is 4.75. The maximum Gasteiger partial charge on any atom is 0.248 e. The van der Waals surface area contributed by atoms with Crippen molar-refractivity contribution in [1.82, 2.24) is 0 Å². The van der Waals surface area contributed by atoms with Crippen molar-refractivity contribution >= 4 is 27.7 Å². The molecule has 0 atom stereocenters. The van der Waals surface area contributed by atoms with Crippen molar-refractivity contribution in [2.24, 2.45) is 5.14 Å². The Bertz CT molecular complexity index is 792. The number of carbonyl (C=O) groups is 1. The molecule has 2 rings (SSSR count). The van der Waals surface area contributed by atoms with Crippen molar-refractivity contribution in [1.29, 1.82) is 0 Å². The summed E-state index contributed by atoms with van der Waals surface area (Å²) in [5.74, 6) is -0.302. The van der Waals surface area contributed by atoms with E-state index in [1.54, 1.807) is 6.08 Å². The van der Waals surface area contributed by atoms with E-state index < -0.39 is 10.0 Å². The molecule has 0 aliphatic carbocycles. The Balaban J connectivity index is 2.01. The standard InChI is InChI=1S/C16H16N2O3S/c1-12-2-4-13(5-3-12)6-11-16(19)18-14-7-9-15(10-8-14)22(17,20)21/h2-11H,1H3,(H,18,19)(H2,17,20,21)/b11-6+. The molecule has 0 spiro atoms. The summed E-state index contributed by atoms with van der Waals surface area (Å²) >= 11 is 0. The minimum Gasteiger partial charge on any atom is -0.323 e. The second-order valence-electron chi connectivity index (χ2n) is 4.80. The molecule has 5 nitrogen and oxygen atoms in total. The smallest absolute Gasteiger partial charge is 0.248 e. The van der Waals surface area contributed by atoms with Crippen LogP contribution in [0.2, 0.25) is 0 Å². The largest absolute Gasteiger partial charge is 0.323 e. The number of sulfonamides is 1. The fourth-order valence-corrected chi connectivity index (χ4v) is 2.28. The lowest BCUT2D eigenvalue weighted by molar-refractivity contribution is -0.111. The van der Waals surface area contributed by atoms with Gasteiger partial charge in [0, 0.05) is 11.8 Å². The van der Waals surface area contributed by atoms with Gasteiger partial charge in [0.05, 0.1) is 4.90 Å². The molecular weight excluding hydrogens is 300 g/mol. The molecule has 0 fully saturated rings. The second kappa shape index (κ2) is 6.55. The van der Waals surface area contributed by atoms with E-state index in [0.717, 1.165) is 11.1 Å². The molecule has 2 aromatic carbocycles. The van der Waals surface area contributed by atoms with Crippen LogP contribution in [0.15, 0.2) is 59.5 Å². The van der Waals surface area contributed by atoms with Crippen molar-refractivity contribution in [3.63, 3.8) is 0 Å². The highest BCUT2D eigenvalue weighted by Gasteiger charge is 2.07. The minimum atomic E-state index is -3.72. The van der Waals surface area contributed by atoms with Crippen LogP contribution >= 0.6 is 0 Å². The van der Waals surface area contributed by atoms with E-state index in [9.17, 15) is 13.2 Å². The van der Waals surface area contributed by atoms with Gasteiger partial charge in [0.25, 0.3) is 0 Å². The lowest BCUT2D eigenvalue weighted by atomic mass is 10.1. The van der Waals surface area contributed by atoms with Gasteiger partial charge in [0.15, 0.2) is 0 Å². The summed E-state index contributed by atoms with van der Waals surface area (Å²) in [7, 11) is -3.72. The summed E-state index contributed by atoms with van der Waals surface area (Å²) in [6, 6.07) is 13.4. The molecule has 0 aromatic heterocycles. The van der Waals surface area contributed by atoms with Crippen LogP contribution in [0.5, 0.6) is 0 Å². The number of aryl methyl sites for hydroxylation is 1. The van der Waals surface area contributed by atoms with E-state index in [1.165, 1.54) is 30.3 Å². The van der Waals surface area contributed by atoms with Gasteiger partial charge in [-0.2, -0.15) is 0 Å². The van der Waals surface area contributed by atoms with Crippen LogP contribution in [0.4, 0.5) is 5.69 Å². The summed E-state index contributed by atoms with van der Waals surface area (Å²) in [4.78, 5) is 11.8. The van der Waals surface area contributed by atoms with Crippen LogP contribution in [-0.2, 0) is 14.8 Å². The molecule has 0 unspecified atom stereocenters. The molecule has 0 saturated heterocycles. The quantitative estimate of drug-likeness (QED) is 0.848. The van der Waals surface area contributed by atoms with Crippen LogP contribution in [-0.4, -0.2) is 14.3 Å². The Labute approximate surface area is 129 Å². The third kappa shape index (κ3) is 4.54. The summed E-state index contributed by atoms with van der Waals surface area (Å²) in [6.45, 7) is 1.99. The van der Waals surface area contributed by atoms with Crippen molar-refractivity contribution in [2.75, 3.05) is 5.32 Å². The van der Waals surface area contributed by atoms with Gasteiger partial charge < -0.3 is 5.32 Å². The number of carbonyl (C=O) groups excluding carboxylic acids is 1. The normalized spacial score (nSPS) is 11.5. The molecule has 1 amide bonds. The van der Waals surface area contributed by atoms with E-state index in [0.29, 0.717) is 5.69 Å². The number of nitrogens with two attached hydrogens (primary N) is 1. The van der Waals surface area contributed by atoms with Gasteiger partial charge in [-0.25, -0.2) is 13.6 Å². The average Bonchev–Trinajstić information content (AvgIpc) is 2.46. The summed E-state index contributed by atoms with van der Waals surface area (Å²) in [5.41, 5.74) is 2.56. The van der Waals surface area contributed by atoms with Gasteiger partial charge in [-0.05, 0) is 42.8 Å². The van der Waals surface area contributed by atoms with Gasteiger partial charge in [-0.1, -0.05) is 29.8 Å². The zero-order valence-electron chi connectivity index (χ0n) is 12.0. The van der Waals surface area contributed by atoms with Crippen molar-refractivity contribution < 1.29 is 13.2 Å². The number of rotatable bonds is 4. The number of nitrogens with one attached hydrogen (secondary N) is 1. The van der Waals surface area contributed by atoms with Gasteiger partial charge in [0.1, 0.15) is 0 Å². The van der Waals surface area contributed by atoms with Crippen LogP contribution < -0.4 is 10.5 Å². The fourth-order valence-electron chi connectivity index (χ4n) is 1.76. The first-order chi connectivity index (χ1) is 10.3. The highest BCUT2D eigenvalue weighted by atomic mass is 32.2. The van der Waals surface area contributed by atoms with E-state index in [4.69, 9.17) is 5.14 Å². The molecule has 0 saturated carbocycles. The first kappa shape index (κ1) is 15.9. The topological polar surface area (TPSA) is 89.3 Å². The van der Waals surface area contributed by atoms with E-state index in [1.807, 2.05) is 31.2 Å². The van der Waals surface area contributed by atoms with Gasteiger partial charge in [-0.3, -0.25) is 4.79 Å². The third-order valence-electron chi connectivity index (χ3n) is 2.95. The zero-order valence-corrected chi connectivity index (χ0v) is 12.8. The van der Waals surface area contributed by atoms with Crippen molar-refractivity contribution in [3.8, 4) is 0 Å². The van der Waals surface area contributed by atoms with E-state index >= 15 is 0 Å². The molecule has 0 radical (unpaired) electrons. The van der Waals surface area contributed by atoms with Gasteiger partial charge >= 0.3 is 0 Å². The number of hydrogen-bond donors (Lipinski definition) is 2. The molecule has 22 heavy (non-hydrogen) atoms. The maximum absolute atomic E-state index is 11.8. The molecule has 6 heteroatoms. The highest BCUT2D eigenvalue weighted by molar-refractivity contribution is 7.89. The van der Waals surface area contributed by atoms with Crippen molar-refractivity contribution in [3.05, 3.63) is 65.7 Å². The number of hydrogen-bond acceptors (Lipinski definition) is 3. The Morgan fingerprint density at radius 1 is 1.05 bits per heavy atom. The molecule has 0 aliphatic rings. The number of anilines is 1. The summed E-state index contributed by atoms with van der Waals surface area (Å²) in [6.07, 6.45) is 3.12. The summed E-state index contributed by atoms with van der Waals surface area (Å²) in [5, 5.41) is 7.65. The second-order valence-corrected chi connectivity index (χ2v) is 6.36. The van der Waals surface area contributed by atoms with Gasteiger partial charge in [0.2, 0.25) is 15.9 Å². The molecule has 0 heterocycles. The Hall–Kier alpha value is -2.44. The number of primary sulfonamides is 1. The fraction of sp³-hybridized carbons (Fsp3) is 0.0625. The molecule has 0 bridgehead atoms. The van der Waals surface area contributed by atoms with Crippen LogP contribution in [0, 0.1) is 6.92 Å². The van der Waals surface area contributed by atoms with E-state index in [2.05, 4.69) is 5.32 Å². The maximum atomic E-state index is 11.8. The van der Waals surface area contributed by atoms with Crippen molar-refractivity contribution in [2.45, 2.75) is 11.8 Å². The van der Waals surface area contributed by atoms with E-state index in [-0.39, 0.29) is 10.8 Å². The monoisotopic (exact) mass is 316 g/mol. The average molecular weight is 316 g/mol. The summed E-state index contributed by atoms with van der Waals surface area (Å²) < 4.78 is 22.3. The number of benzene rings is 2. The molecule has 114 valence electrons. The molecule has 0 aliphatic heterocycles. The Morgan fingerprint density at radius 2 is 1.64 bits per heavy atom. The predicted octanol–water partition coefficient (Wildman–Crippen LogP) is 2.29. The van der Waals surface area contributed by atoms with Gasteiger partial charge in [-0.15, -0.1) is 0 Å². The lowest BCUT2D eigenvalue weighted by Gasteiger charge is -2.03.